The van der Waals surface area contributed by atoms with Gasteiger partial charge in [0.05, 0.1) is 6.10 Å². The molecular weight excluding hydrogens is 152 g/mol. The van der Waals surface area contributed by atoms with E-state index in [0.29, 0.717) is 12.1 Å². The normalized spacial score (nSPS) is 33.2. The van der Waals surface area contributed by atoms with Gasteiger partial charge < -0.3 is 10.5 Å². The maximum absolute atomic E-state index is 5.69. The fraction of sp³-hybridized carbons (Fsp3) is 1.00. The van der Waals surface area contributed by atoms with E-state index in [1.165, 1.54) is 19.3 Å². The molecule has 0 aromatic heterocycles. The topological polar surface area (TPSA) is 38.5 Å². The fourth-order valence-electron chi connectivity index (χ4n) is 2.00. The number of likely N-dealkylation sites (tertiary alicyclic amines) is 1. The Kier molecular flexibility index (Phi) is 2.63. The molecule has 0 aromatic rings. The maximum Gasteiger partial charge on any atom is 0.0702 e. The minimum atomic E-state index is 0.425. The Labute approximate surface area is 73.9 Å². The highest BCUT2D eigenvalue weighted by Gasteiger charge is 2.26. The van der Waals surface area contributed by atoms with E-state index in [2.05, 4.69) is 4.90 Å². The molecule has 1 unspecified atom stereocenters. The van der Waals surface area contributed by atoms with E-state index < -0.39 is 0 Å². The summed E-state index contributed by atoms with van der Waals surface area (Å²) in [5.74, 6) is 0. The van der Waals surface area contributed by atoms with E-state index in [4.69, 9.17) is 10.5 Å². The van der Waals surface area contributed by atoms with Crippen LogP contribution in [0.1, 0.15) is 19.3 Å². The highest BCUT2D eigenvalue weighted by atomic mass is 16.5. The van der Waals surface area contributed by atoms with Gasteiger partial charge in [-0.15, -0.1) is 0 Å². The number of ether oxygens (including phenoxy) is 1. The SMILES string of the molecule is NC1CN(CC2CCCCO2)C1. The quantitative estimate of drug-likeness (QED) is 0.643. The van der Waals surface area contributed by atoms with E-state index in [0.717, 1.165) is 26.2 Å². The van der Waals surface area contributed by atoms with Crippen LogP contribution < -0.4 is 5.73 Å². The highest BCUT2D eigenvalue weighted by molar-refractivity contribution is 4.84. The van der Waals surface area contributed by atoms with Gasteiger partial charge in [0.1, 0.15) is 0 Å². The lowest BCUT2D eigenvalue weighted by molar-refractivity contribution is -0.0203. The standard InChI is InChI=1S/C9H18N2O/c10-8-5-11(6-8)7-9-3-1-2-4-12-9/h8-9H,1-7,10H2. The third-order valence-corrected chi connectivity index (χ3v) is 2.72. The van der Waals surface area contributed by atoms with E-state index in [1.807, 2.05) is 0 Å². The van der Waals surface area contributed by atoms with Gasteiger partial charge in [-0.05, 0) is 19.3 Å². The van der Waals surface area contributed by atoms with Crippen LogP contribution in [0.15, 0.2) is 0 Å². The van der Waals surface area contributed by atoms with Crippen LogP contribution in [0, 0.1) is 0 Å². The van der Waals surface area contributed by atoms with Crippen LogP contribution in [0.2, 0.25) is 0 Å². The molecule has 12 heavy (non-hydrogen) atoms. The Bertz CT molecular complexity index is 139. The summed E-state index contributed by atoms with van der Waals surface area (Å²) in [6, 6.07) is 0.425. The molecule has 0 amide bonds. The molecule has 2 heterocycles. The molecule has 0 aliphatic carbocycles. The van der Waals surface area contributed by atoms with Gasteiger partial charge in [0.2, 0.25) is 0 Å². The zero-order chi connectivity index (χ0) is 8.39. The average Bonchev–Trinajstić information content (AvgIpc) is 2.04. The van der Waals surface area contributed by atoms with Gasteiger partial charge in [-0.1, -0.05) is 0 Å². The predicted molar refractivity (Wildman–Crippen MR) is 48.0 cm³/mol. The van der Waals surface area contributed by atoms with Crippen molar-refractivity contribution in [1.29, 1.82) is 0 Å². The second kappa shape index (κ2) is 3.73. The molecule has 0 spiro atoms. The molecule has 70 valence electrons. The Morgan fingerprint density at radius 1 is 1.33 bits per heavy atom. The summed E-state index contributed by atoms with van der Waals surface area (Å²) < 4.78 is 5.64. The Hall–Kier alpha value is -0.120. The molecule has 2 rings (SSSR count). The average molecular weight is 170 g/mol. The third-order valence-electron chi connectivity index (χ3n) is 2.72. The minimum Gasteiger partial charge on any atom is -0.377 e. The van der Waals surface area contributed by atoms with E-state index in [-0.39, 0.29) is 0 Å². The monoisotopic (exact) mass is 170 g/mol. The zero-order valence-corrected chi connectivity index (χ0v) is 7.54. The van der Waals surface area contributed by atoms with E-state index >= 15 is 0 Å². The van der Waals surface area contributed by atoms with E-state index in [9.17, 15) is 0 Å². The molecule has 2 fully saturated rings. The van der Waals surface area contributed by atoms with Crippen molar-refractivity contribution in [3.8, 4) is 0 Å². The molecule has 3 nitrogen and oxygen atoms in total. The van der Waals surface area contributed by atoms with Gasteiger partial charge in [-0.3, -0.25) is 4.90 Å². The molecule has 0 saturated carbocycles. The molecule has 0 radical (unpaired) electrons. The van der Waals surface area contributed by atoms with Crippen LogP contribution in [0.4, 0.5) is 0 Å². The minimum absolute atomic E-state index is 0.425. The zero-order valence-electron chi connectivity index (χ0n) is 7.54. The summed E-state index contributed by atoms with van der Waals surface area (Å²) in [6.45, 7) is 4.21. The molecule has 2 saturated heterocycles. The van der Waals surface area contributed by atoms with Gasteiger partial charge in [-0.2, -0.15) is 0 Å². The van der Waals surface area contributed by atoms with Crippen molar-refractivity contribution in [3.63, 3.8) is 0 Å². The molecule has 3 heteroatoms. The third kappa shape index (κ3) is 1.97. The largest absolute Gasteiger partial charge is 0.377 e. The Morgan fingerprint density at radius 3 is 2.75 bits per heavy atom. The van der Waals surface area contributed by atoms with Crippen molar-refractivity contribution in [2.45, 2.75) is 31.4 Å². The second-order valence-electron chi connectivity index (χ2n) is 3.97. The van der Waals surface area contributed by atoms with Gasteiger partial charge in [-0.25, -0.2) is 0 Å². The molecule has 1 atom stereocenters. The second-order valence-corrected chi connectivity index (χ2v) is 3.97. The molecule has 2 aliphatic rings. The Morgan fingerprint density at radius 2 is 2.17 bits per heavy atom. The van der Waals surface area contributed by atoms with Crippen LogP contribution in [-0.2, 0) is 4.74 Å². The summed E-state index contributed by atoms with van der Waals surface area (Å²) in [4.78, 5) is 2.39. The van der Waals surface area contributed by atoms with Crippen LogP contribution in [0.3, 0.4) is 0 Å². The summed E-state index contributed by atoms with van der Waals surface area (Å²) >= 11 is 0. The summed E-state index contributed by atoms with van der Waals surface area (Å²) in [5, 5.41) is 0. The summed E-state index contributed by atoms with van der Waals surface area (Å²) in [7, 11) is 0. The lowest BCUT2D eigenvalue weighted by Gasteiger charge is -2.39. The smallest absolute Gasteiger partial charge is 0.0702 e. The first-order chi connectivity index (χ1) is 5.84. The number of nitrogens with zero attached hydrogens (tertiary/aromatic N) is 1. The number of hydrogen-bond donors (Lipinski definition) is 1. The van der Waals surface area contributed by atoms with Crippen molar-refractivity contribution in [2.24, 2.45) is 5.73 Å². The first kappa shape index (κ1) is 8.48. The maximum atomic E-state index is 5.69. The van der Waals surface area contributed by atoms with Crippen LogP contribution in [-0.4, -0.2) is 43.3 Å². The molecular formula is C9H18N2O. The van der Waals surface area contributed by atoms with Crippen LogP contribution in [0.25, 0.3) is 0 Å². The van der Waals surface area contributed by atoms with Crippen molar-refractivity contribution >= 4 is 0 Å². The first-order valence-corrected chi connectivity index (χ1v) is 4.94. The van der Waals surface area contributed by atoms with Crippen molar-refractivity contribution < 1.29 is 4.74 Å². The number of nitrogens with two attached hydrogens (primary N) is 1. The van der Waals surface area contributed by atoms with Gasteiger partial charge >= 0.3 is 0 Å². The summed E-state index contributed by atoms with van der Waals surface area (Å²) in [5.41, 5.74) is 5.69. The lowest BCUT2D eigenvalue weighted by atomic mass is 10.1. The summed E-state index contributed by atoms with van der Waals surface area (Å²) in [6.07, 6.45) is 4.32. The predicted octanol–water partition coefficient (Wildman–Crippen LogP) is 0.198. The Balaban J connectivity index is 1.65. The molecule has 2 aliphatic heterocycles. The fourth-order valence-corrected chi connectivity index (χ4v) is 2.00. The highest BCUT2D eigenvalue weighted by Crippen LogP contribution is 2.16. The van der Waals surface area contributed by atoms with Crippen molar-refractivity contribution in [3.05, 3.63) is 0 Å². The van der Waals surface area contributed by atoms with Crippen molar-refractivity contribution in [1.82, 2.24) is 4.90 Å². The van der Waals surface area contributed by atoms with Gasteiger partial charge in [0.25, 0.3) is 0 Å². The van der Waals surface area contributed by atoms with Crippen LogP contribution in [0.5, 0.6) is 0 Å². The van der Waals surface area contributed by atoms with Crippen molar-refractivity contribution in [2.75, 3.05) is 26.2 Å². The molecule has 0 aromatic carbocycles. The van der Waals surface area contributed by atoms with E-state index in [1.54, 1.807) is 0 Å². The van der Waals surface area contributed by atoms with Gasteiger partial charge in [0, 0.05) is 32.3 Å². The van der Waals surface area contributed by atoms with Crippen LogP contribution >= 0.6 is 0 Å². The lowest BCUT2D eigenvalue weighted by Crippen LogP contribution is -2.57. The molecule has 0 bridgehead atoms. The first-order valence-electron chi connectivity index (χ1n) is 4.94. The van der Waals surface area contributed by atoms with Gasteiger partial charge in [0.15, 0.2) is 0 Å². The molecule has 2 N–H and O–H groups in total. The number of rotatable bonds is 2. The number of hydrogen-bond acceptors (Lipinski definition) is 3.